The number of fused-ring (bicyclic) bond motifs is 1. The average molecular weight is 448 g/mol. The molecule has 1 aliphatic carbocycles. The second kappa shape index (κ2) is 9.85. The van der Waals surface area contributed by atoms with Crippen LogP contribution in [0.1, 0.15) is 58.0 Å². The lowest BCUT2D eigenvalue weighted by molar-refractivity contribution is -0.126. The Hall–Kier alpha value is -2.35. The van der Waals surface area contributed by atoms with Crippen molar-refractivity contribution < 1.29 is 18.4 Å². The molecular formula is C23H27F2N3O2S. The van der Waals surface area contributed by atoms with Gasteiger partial charge < -0.3 is 10.2 Å². The highest BCUT2D eigenvalue weighted by Gasteiger charge is 2.28. The van der Waals surface area contributed by atoms with Gasteiger partial charge in [0.05, 0.1) is 16.3 Å². The van der Waals surface area contributed by atoms with Crippen LogP contribution in [0.15, 0.2) is 18.2 Å². The molecule has 2 heterocycles. The van der Waals surface area contributed by atoms with Crippen LogP contribution < -0.4 is 5.32 Å². The van der Waals surface area contributed by atoms with Gasteiger partial charge >= 0.3 is 0 Å². The lowest BCUT2D eigenvalue weighted by Gasteiger charge is -2.31. The van der Waals surface area contributed by atoms with Crippen molar-refractivity contribution >= 4 is 23.2 Å². The summed E-state index contributed by atoms with van der Waals surface area (Å²) in [5.74, 6) is -2.15. The van der Waals surface area contributed by atoms with Gasteiger partial charge in [0.25, 0.3) is 5.91 Å². The first kappa shape index (κ1) is 21.9. The summed E-state index contributed by atoms with van der Waals surface area (Å²) < 4.78 is 26.9. The van der Waals surface area contributed by atoms with E-state index in [2.05, 4.69) is 5.32 Å². The summed E-state index contributed by atoms with van der Waals surface area (Å²) in [6.45, 7) is 1.39. The Morgan fingerprint density at radius 3 is 2.68 bits per heavy atom. The van der Waals surface area contributed by atoms with Crippen LogP contribution in [0.5, 0.6) is 0 Å². The largest absolute Gasteiger partial charge is 0.356 e. The van der Waals surface area contributed by atoms with Gasteiger partial charge in [0.1, 0.15) is 11.6 Å². The standard InChI is InChI=1S/C23H27F2N3O2S/c24-16-7-8-17(18(25)14-16)23(30)28-12-9-15(10-13-28)22(29)26-11-3-6-21-27-19-4-1-2-5-20(19)31-21/h7-8,14-15H,1-6,9-13H2,(H,26,29). The van der Waals surface area contributed by atoms with Gasteiger partial charge in [-0.15, -0.1) is 11.3 Å². The highest BCUT2D eigenvalue weighted by atomic mass is 32.1. The third-order valence-corrected chi connectivity index (χ3v) is 7.29. The second-order valence-electron chi connectivity index (χ2n) is 8.27. The van der Waals surface area contributed by atoms with Crippen molar-refractivity contribution in [3.8, 4) is 0 Å². The predicted octanol–water partition coefficient (Wildman–Crippen LogP) is 3.90. The molecule has 2 aliphatic rings. The molecule has 0 atom stereocenters. The Morgan fingerprint density at radius 1 is 1.16 bits per heavy atom. The van der Waals surface area contributed by atoms with Crippen LogP contribution in [0.3, 0.4) is 0 Å². The summed E-state index contributed by atoms with van der Waals surface area (Å²) >= 11 is 1.82. The number of aromatic nitrogens is 1. The lowest BCUT2D eigenvalue weighted by Crippen LogP contribution is -2.43. The number of nitrogens with one attached hydrogen (secondary N) is 1. The number of piperidine rings is 1. The molecule has 166 valence electrons. The molecule has 1 aliphatic heterocycles. The number of benzene rings is 1. The van der Waals surface area contributed by atoms with E-state index in [-0.39, 0.29) is 17.4 Å². The molecule has 0 bridgehead atoms. The van der Waals surface area contributed by atoms with Crippen LogP contribution >= 0.6 is 11.3 Å². The Balaban J connectivity index is 1.18. The molecule has 0 unspecified atom stereocenters. The molecule has 0 radical (unpaired) electrons. The smallest absolute Gasteiger partial charge is 0.256 e. The predicted molar refractivity (Wildman–Crippen MR) is 115 cm³/mol. The van der Waals surface area contributed by atoms with Gasteiger partial charge in [-0.3, -0.25) is 9.59 Å². The highest BCUT2D eigenvalue weighted by Crippen LogP contribution is 2.27. The number of hydrogen-bond acceptors (Lipinski definition) is 4. The molecule has 2 aromatic rings. The zero-order valence-electron chi connectivity index (χ0n) is 17.5. The third-order valence-electron chi connectivity index (χ3n) is 6.07. The van der Waals surface area contributed by atoms with Gasteiger partial charge in [-0.1, -0.05) is 0 Å². The fourth-order valence-corrected chi connectivity index (χ4v) is 5.48. The van der Waals surface area contributed by atoms with Crippen LogP contribution in [0, 0.1) is 17.6 Å². The molecule has 31 heavy (non-hydrogen) atoms. The van der Waals surface area contributed by atoms with Crippen LogP contribution in [0.4, 0.5) is 8.78 Å². The summed E-state index contributed by atoms with van der Waals surface area (Å²) in [4.78, 5) is 32.7. The van der Waals surface area contributed by atoms with Crippen LogP contribution in [0.2, 0.25) is 0 Å². The number of aryl methyl sites for hydroxylation is 3. The Morgan fingerprint density at radius 2 is 1.94 bits per heavy atom. The van der Waals surface area contributed by atoms with E-state index in [0.29, 0.717) is 38.5 Å². The summed E-state index contributed by atoms with van der Waals surface area (Å²) in [5, 5.41) is 4.18. The van der Waals surface area contributed by atoms with E-state index in [4.69, 9.17) is 4.98 Å². The maximum Gasteiger partial charge on any atom is 0.256 e. The Labute approximate surface area is 184 Å². The SMILES string of the molecule is O=C(NCCCc1nc2c(s1)CCCC2)C1CCN(C(=O)c2ccc(F)cc2F)CC1. The number of nitrogens with zero attached hydrogens (tertiary/aromatic N) is 2. The van der Waals surface area contributed by atoms with E-state index in [0.717, 1.165) is 31.7 Å². The number of rotatable bonds is 6. The molecule has 4 rings (SSSR count). The maximum absolute atomic E-state index is 13.9. The fourth-order valence-electron chi connectivity index (χ4n) is 4.29. The molecule has 5 nitrogen and oxygen atoms in total. The minimum absolute atomic E-state index is 0.0125. The lowest BCUT2D eigenvalue weighted by atomic mass is 9.95. The number of halogens is 2. The summed E-state index contributed by atoms with van der Waals surface area (Å²) in [6.07, 6.45) is 7.56. The molecule has 1 aromatic heterocycles. The van der Waals surface area contributed by atoms with E-state index in [1.54, 1.807) is 0 Å². The van der Waals surface area contributed by atoms with Gasteiger partial charge in [0.2, 0.25) is 5.91 Å². The van der Waals surface area contributed by atoms with Crippen LogP contribution in [0.25, 0.3) is 0 Å². The van der Waals surface area contributed by atoms with Crippen LogP contribution in [-0.4, -0.2) is 41.3 Å². The molecule has 1 aromatic carbocycles. The van der Waals surface area contributed by atoms with Gasteiger partial charge in [-0.25, -0.2) is 13.8 Å². The topological polar surface area (TPSA) is 62.3 Å². The normalized spacial score (nSPS) is 16.8. The molecule has 1 saturated heterocycles. The van der Waals surface area contributed by atoms with Crippen molar-refractivity contribution in [2.75, 3.05) is 19.6 Å². The zero-order chi connectivity index (χ0) is 21.8. The fraction of sp³-hybridized carbons (Fsp3) is 0.522. The molecule has 2 amide bonds. The molecule has 1 fully saturated rings. The molecule has 1 N–H and O–H groups in total. The van der Waals surface area contributed by atoms with Crippen molar-refractivity contribution in [3.63, 3.8) is 0 Å². The Bertz CT molecular complexity index is 931. The van der Waals surface area contributed by atoms with E-state index in [1.165, 1.54) is 39.4 Å². The number of thiazole rings is 1. The number of hydrogen-bond donors (Lipinski definition) is 1. The van der Waals surface area contributed by atoms with Crippen molar-refractivity contribution in [1.29, 1.82) is 0 Å². The number of carbonyl (C=O) groups excluding carboxylic acids is 2. The first-order chi connectivity index (χ1) is 15.0. The van der Waals surface area contributed by atoms with E-state index in [9.17, 15) is 18.4 Å². The van der Waals surface area contributed by atoms with E-state index < -0.39 is 17.5 Å². The monoisotopic (exact) mass is 447 g/mol. The molecule has 0 saturated carbocycles. The van der Waals surface area contributed by atoms with Crippen molar-refractivity contribution in [2.45, 2.75) is 51.4 Å². The summed E-state index contributed by atoms with van der Waals surface area (Å²) in [6, 6.07) is 2.97. The second-order valence-corrected chi connectivity index (χ2v) is 9.44. The highest BCUT2D eigenvalue weighted by molar-refractivity contribution is 7.11. The first-order valence-corrected chi connectivity index (χ1v) is 11.8. The minimum Gasteiger partial charge on any atom is -0.356 e. The minimum atomic E-state index is -0.856. The molecule has 8 heteroatoms. The molecular weight excluding hydrogens is 420 g/mol. The first-order valence-electron chi connectivity index (χ1n) is 11.0. The average Bonchev–Trinajstić information content (AvgIpc) is 3.19. The number of amides is 2. The van der Waals surface area contributed by atoms with E-state index >= 15 is 0 Å². The van der Waals surface area contributed by atoms with Crippen molar-refractivity contribution in [1.82, 2.24) is 15.2 Å². The van der Waals surface area contributed by atoms with Crippen molar-refractivity contribution in [3.05, 3.63) is 51.0 Å². The van der Waals surface area contributed by atoms with E-state index in [1.807, 2.05) is 11.3 Å². The van der Waals surface area contributed by atoms with Gasteiger partial charge in [-0.05, 0) is 57.1 Å². The third kappa shape index (κ3) is 5.29. The number of carbonyl (C=O) groups is 2. The molecule has 0 spiro atoms. The zero-order valence-corrected chi connectivity index (χ0v) is 18.3. The van der Waals surface area contributed by atoms with Crippen molar-refractivity contribution in [2.24, 2.45) is 5.92 Å². The maximum atomic E-state index is 13.9. The Kier molecular flexibility index (Phi) is 6.95. The number of likely N-dealkylation sites (tertiary alicyclic amines) is 1. The van der Waals surface area contributed by atoms with Gasteiger partial charge in [-0.2, -0.15) is 0 Å². The van der Waals surface area contributed by atoms with Crippen LogP contribution in [-0.2, 0) is 24.1 Å². The quantitative estimate of drug-likeness (QED) is 0.683. The summed E-state index contributed by atoms with van der Waals surface area (Å²) in [7, 11) is 0. The summed E-state index contributed by atoms with van der Waals surface area (Å²) in [5.41, 5.74) is 1.14. The van der Waals surface area contributed by atoms with Gasteiger partial charge in [0.15, 0.2) is 0 Å². The van der Waals surface area contributed by atoms with Gasteiger partial charge in [0, 0.05) is 42.9 Å².